The van der Waals surface area contributed by atoms with Gasteiger partial charge in [-0.05, 0) is 57.6 Å². The monoisotopic (exact) mass is 367 g/mol. The van der Waals surface area contributed by atoms with Gasteiger partial charge in [-0.25, -0.2) is 18.1 Å². The Morgan fingerprint density at radius 1 is 1.21 bits per heavy atom. The van der Waals surface area contributed by atoms with Crippen LogP contribution in [0.2, 0.25) is 0 Å². The van der Waals surface area contributed by atoms with E-state index in [1.165, 1.54) is 4.70 Å². The summed E-state index contributed by atoms with van der Waals surface area (Å²) in [7, 11) is -3.15. The second kappa shape index (κ2) is 7.37. The molecular formula is C17H25N3O2S2. The van der Waals surface area contributed by atoms with Crippen LogP contribution in [0, 0.1) is 5.92 Å². The molecule has 0 radical (unpaired) electrons. The lowest BCUT2D eigenvalue weighted by Crippen LogP contribution is -2.37. The Hall–Kier alpha value is -1.18. The van der Waals surface area contributed by atoms with Crippen molar-refractivity contribution in [2.75, 3.05) is 11.9 Å². The first-order chi connectivity index (χ1) is 11.4. The van der Waals surface area contributed by atoms with Crippen LogP contribution in [0.15, 0.2) is 24.3 Å². The largest absolute Gasteiger partial charge is 0.359 e. The van der Waals surface area contributed by atoms with Crippen molar-refractivity contribution in [3.05, 3.63) is 24.3 Å². The predicted octanol–water partition coefficient (Wildman–Crippen LogP) is 3.59. The van der Waals surface area contributed by atoms with Crippen LogP contribution in [0.25, 0.3) is 10.2 Å². The number of anilines is 1. The Balaban J connectivity index is 1.48. The molecule has 1 aliphatic carbocycles. The molecule has 0 atom stereocenters. The highest BCUT2D eigenvalue weighted by Gasteiger charge is 2.24. The molecule has 0 amide bonds. The number of nitrogens with one attached hydrogen (secondary N) is 2. The number of nitrogens with zero attached hydrogens (tertiary/aromatic N) is 1. The number of benzene rings is 1. The van der Waals surface area contributed by atoms with Crippen LogP contribution in [-0.2, 0) is 10.0 Å². The highest BCUT2D eigenvalue weighted by atomic mass is 32.2. The van der Waals surface area contributed by atoms with Crippen molar-refractivity contribution < 1.29 is 8.42 Å². The van der Waals surface area contributed by atoms with Crippen LogP contribution in [0.1, 0.15) is 39.5 Å². The first-order valence-electron chi connectivity index (χ1n) is 8.54. The molecule has 7 heteroatoms. The summed E-state index contributed by atoms with van der Waals surface area (Å²) in [6.45, 7) is 3.98. The summed E-state index contributed by atoms with van der Waals surface area (Å²) in [5.74, 6) is 0.437. The van der Waals surface area contributed by atoms with Gasteiger partial charge in [-0.2, -0.15) is 0 Å². The number of sulfonamides is 1. The number of aromatic nitrogens is 1. The molecule has 2 aromatic rings. The summed E-state index contributed by atoms with van der Waals surface area (Å²) in [6, 6.07) is 8.61. The number of fused-ring (bicyclic) bond motifs is 1. The van der Waals surface area contributed by atoms with Crippen molar-refractivity contribution >= 4 is 36.7 Å². The van der Waals surface area contributed by atoms with Crippen molar-refractivity contribution in [2.45, 2.75) is 50.8 Å². The third-order valence-corrected chi connectivity index (χ3v) is 7.44. The lowest BCUT2D eigenvalue weighted by Gasteiger charge is -2.29. The number of thiazole rings is 1. The van der Waals surface area contributed by atoms with E-state index in [2.05, 4.69) is 21.1 Å². The van der Waals surface area contributed by atoms with Crippen LogP contribution in [0.4, 0.5) is 5.13 Å². The molecular weight excluding hydrogens is 342 g/mol. The van der Waals surface area contributed by atoms with E-state index in [9.17, 15) is 8.42 Å². The van der Waals surface area contributed by atoms with Crippen LogP contribution in [0.3, 0.4) is 0 Å². The Labute approximate surface area is 147 Å². The standard InChI is InChI=1S/C17H25N3O2S2/c1-12(2)24(21,22)18-11-13-7-9-14(10-8-13)19-17-20-15-5-3-4-6-16(15)23-17/h3-6,12-14,18H,7-11H2,1-2H3,(H,19,20). The zero-order chi connectivity index (χ0) is 17.2. The molecule has 0 unspecified atom stereocenters. The number of rotatable bonds is 6. The number of hydrogen-bond acceptors (Lipinski definition) is 5. The quantitative estimate of drug-likeness (QED) is 0.818. The normalized spacial score (nSPS) is 22.1. The molecule has 2 N–H and O–H groups in total. The zero-order valence-electron chi connectivity index (χ0n) is 14.2. The van der Waals surface area contributed by atoms with Crippen LogP contribution in [-0.4, -0.2) is 31.2 Å². The molecule has 0 bridgehead atoms. The van der Waals surface area contributed by atoms with Gasteiger partial charge in [0.15, 0.2) is 5.13 Å². The Morgan fingerprint density at radius 2 is 1.92 bits per heavy atom. The molecule has 0 spiro atoms. The van der Waals surface area contributed by atoms with E-state index in [0.717, 1.165) is 36.3 Å². The van der Waals surface area contributed by atoms with Gasteiger partial charge in [-0.15, -0.1) is 0 Å². The summed E-state index contributed by atoms with van der Waals surface area (Å²) in [5.41, 5.74) is 1.04. The van der Waals surface area contributed by atoms with Crippen molar-refractivity contribution in [3.63, 3.8) is 0 Å². The van der Waals surface area contributed by atoms with E-state index in [4.69, 9.17) is 0 Å². The maximum Gasteiger partial charge on any atom is 0.213 e. The minimum Gasteiger partial charge on any atom is -0.359 e. The Kier molecular flexibility index (Phi) is 5.42. The van der Waals surface area contributed by atoms with Crippen LogP contribution < -0.4 is 10.0 Å². The van der Waals surface area contributed by atoms with Crippen molar-refractivity contribution in [1.29, 1.82) is 0 Å². The molecule has 0 aliphatic heterocycles. The molecule has 1 heterocycles. The van der Waals surface area contributed by atoms with E-state index in [0.29, 0.717) is 18.5 Å². The molecule has 132 valence electrons. The third-order valence-electron chi connectivity index (χ3n) is 4.66. The molecule has 1 fully saturated rings. The van der Waals surface area contributed by atoms with Gasteiger partial charge in [0.25, 0.3) is 0 Å². The van der Waals surface area contributed by atoms with Gasteiger partial charge in [0, 0.05) is 12.6 Å². The first kappa shape index (κ1) is 17.6. The summed E-state index contributed by atoms with van der Waals surface area (Å²) in [5, 5.41) is 4.17. The van der Waals surface area contributed by atoms with E-state index in [-0.39, 0.29) is 5.25 Å². The smallest absolute Gasteiger partial charge is 0.213 e. The van der Waals surface area contributed by atoms with Crippen LogP contribution >= 0.6 is 11.3 Å². The maximum atomic E-state index is 11.8. The summed E-state index contributed by atoms with van der Waals surface area (Å²) < 4.78 is 27.6. The fourth-order valence-electron chi connectivity index (χ4n) is 3.02. The Morgan fingerprint density at radius 3 is 2.58 bits per heavy atom. The topological polar surface area (TPSA) is 71.1 Å². The number of hydrogen-bond donors (Lipinski definition) is 2. The minimum absolute atomic E-state index is 0.366. The van der Waals surface area contributed by atoms with Crippen molar-refractivity contribution in [3.8, 4) is 0 Å². The van der Waals surface area contributed by atoms with Gasteiger partial charge in [0.05, 0.1) is 15.5 Å². The second-order valence-corrected chi connectivity index (χ2v) is 10.1. The van der Waals surface area contributed by atoms with Gasteiger partial charge < -0.3 is 5.32 Å². The average molecular weight is 368 g/mol. The lowest BCUT2D eigenvalue weighted by atomic mass is 9.86. The molecule has 3 rings (SSSR count). The number of para-hydroxylation sites is 1. The van der Waals surface area contributed by atoms with Crippen LogP contribution in [0.5, 0.6) is 0 Å². The highest BCUT2D eigenvalue weighted by Crippen LogP contribution is 2.30. The van der Waals surface area contributed by atoms with E-state index in [1.807, 2.05) is 18.2 Å². The van der Waals surface area contributed by atoms with Gasteiger partial charge >= 0.3 is 0 Å². The van der Waals surface area contributed by atoms with E-state index >= 15 is 0 Å². The van der Waals surface area contributed by atoms with Gasteiger partial charge in [-0.3, -0.25) is 0 Å². The fraction of sp³-hybridized carbons (Fsp3) is 0.588. The average Bonchev–Trinajstić information content (AvgIpc) is 2.96. The fourth-order valence-corrected chi connectivity index (χ4v) is 4.76. The maximum absolute atomic E-state index is 11.8. The molecule has 1 aromatic carbocycles. The lowest BCUT2D eigenvalue weighted by molar-refractivity contribution is 0.337. The van der Waals surface area contributed by atoms with E-state index < -0.39 is 10.0 Å². The second-order valence-electron chi connectivity index (χ2n) is 6.79. The van der Waals surface area contributed by atoms with Gasteiger partial charge in [0.1, 0.15) is 0 Å². The van der Waals surface area contributed by atoms with Gasteiger partial charge in [0.2, 0.25) is 10.0 Å². The predicted molar refractivity (Wildman–Crippen MR) is 101 cm³/mol. The van der Waals surface area contributed by atoms with Crippen molar-refractivity contribution in [2.24, 2.45) is 5.92 Å². The Bertz CT molecular complexity index is 745. The zero-order valence-corrected chi connectivity index (χ0v) is 15.8. The highest BCUT2D eigenvalue weighted by molar-refractivity contribution is 7.90. The third kappa shape index (κ3) is 4.26. The summed E-state index contributed by atoms with van der Waals surface area (Å²) in [6.07, 6.45) is 4.21. The molecule has 1 aliphatic rings. The SMILES string of the molecule is CC(C)S(=O)(=O)NCC1CCC(Nc2nc3ccccc3s2)CC1. The van der Waals surface area contributed by atoms with Gasteiger partial charge in [-0.1, -0.05) is 23.5 Å². The molecule has 0 saturated heterocycles. The molecule has 1 saturated carbocycles. The minimum atomic E-state index is -3.15. The summed E-state index contributed by atoms with van der Waals surface area (Å²) >= 11 is 1.69. The molecule has 5 nitrogen and oxygen atoms in total. The van der Waals surface area contributed by atoms with E-state index in [1.54, 1.807) is 25.2 Å². The first-order valence-corrected chi connectivity index (χ1v) is 10.9. The molecule has 24 heavy (non-hydrogen) atoms. The van der Waals surface area contributed by atoms with Crippen molar-refractivity contribution in [1.82, 2.24) is 9.71 Å². The molecule has 1 aromatic heterocycles. The summed E-state index contributed by atoms with van der Waals surface area (Å²) in [4.78, 5) is 4.63.